The predicted octanol–water partition coefficient (Wildman–Crippen LogP) is 1.14. The van der Waals surface area contributed by atoms with Gasteiger partial charge in [0.25, 0.3) is 5.69 Å². The average Bonchev–Trinajstić information content (AvgIpc) is 2.74. The molecule has 0 amide bonds. The van der Waals surface area contributed by atoms with Crippen molar-refractivity contribution in [3.8, 4) is 5.75 Å². The summed E-state index contributed by atoms with van der Waals surface area (Å²) in [6.45, 7) is 2.39. The molecule has 1 aromatic rings. The summed E-state index contributed by atoms with van der Waals surface area (Å²) in [5, 5.41) is 10.8. The first-order chi connectivity index (χ1) is 8.60. The third-order valence-electron chi connectivity index (χ3n) is 3.18. The Hall–Kier alpha value is -1.66. The van der Waals surface area contributed by atoms with Gasteiger partial charge >= 0.3 is 0 Å². The van der Waals surface area contributed by atoms with Crippen molar-refractivity contribution >= 4 is 5.69 Å². The van der Waals surface area contributed by atoms with Crippen LogP contribution in [-0.2, 0) is 6.54 Å². The Labute approximate surface area is 105 Å². The first-order valence-electron chi connectivity index (χ1n) is 5.89. The first-order valence-corrected chi connectivity index (χ1v) is 5.89. The highest BCUT2D eigenvalue weighted by Crippen LogP contribution is 2.26. The summed E-state index contributed by atoms with van der Waals surface area (Å²) < 4.78 is 5.24. The number of likely N-dealkylation sites (tertiary alicyclic amines) is 1. The van der Waals surface area contributed by atoms with Gasteiger partial charge in [0, 0.05) is 43.4 Å². The quantitative estimate of drug-likeness (QED) is 0.641. The van der Waals surface area contributed by atoms with Gasteiger partial charge in [0.2, 0.25) is 0 Å². The molecule has 6 nitrogen and oxygen atoms in total. The van der Waals surface area contributed by atoms with Gasteiger partial charge in [-0.3, -0.25) is 15.0 Å². The fraction of sp³-hybridized carbons (Fsp3) is 0.500. The summed E-state index contributed by atoms with van der Waals surface area (Å²) in [6.07, 6.45) is 0.969. The van der Waals surface area contributed by atoms with Gasteiger partial charge in [-0.15, -0.1) is 0 Å². The Morgan fingerprint density at radius 1 is 1.61 bits per heavy atom. The molecule has 1 aromatic carbocycles. The third kappa shape index (κ3) is 2.77. The van der Waals surface area contributed by atoms with E-state index in [9.17, 15) is 10.1 Å². The van der Waals surface area contributed by atoms with E-state index in [1.807, 2.05) is 0 Å². The molecule has 1 aliphatic rings. The zero-order chi connectivity index (χ0) is 13.1. The van der Waals surface area contributed by atoms with Crippen LogP contribution in [0.2, 0.25) is 0 Å². The predicted molar refractivity (Wildman–Crippen MR) is 67.5 cm³/mol. The zero-order valence-electron chi connectivity index (χ0n) is 10.3. The summed E-state index contributed by atoms with van der Waals surface area (Å²) in [4.78, 5) is 12.6. The van der Waals surface area contributed by atoms with Crippen molar-refractivity contribution in [2.75, 3.05) is 20.2 Å². The monoisotopic (exact) mass is 251 g/mol. The number of non-ortho nitro benzene ring substituents is 1. The number of methoxy groups -OCH3 is 1. The molecule has 2 N–H and O–H groups in total. The highest BCUT2D eigenvalue weighted by Gasteiger charge is 2.21. The minimum atomic E-state index is -0.390. The molecule has 2 rings (SSSR count). The maximum Gasteiger partial charge on any atom is 0.270 e. The summed E-state index contributed by atoms with van der Waals surface area (Å²) in [5.74, 6) is 0.682. The van der Waals surface area contributed by atoms with E-state index >= 15 is 0 Å². The fourth-order valence-electron chi connectivity index (χ4n) is 2.25. The fourth-order valence-corrected chi connectivity index (χ4v) is 2.25. The number of nitrogens with zero attached hydrogens (tertiary/aromatic N) is 2. The van der Waals surface area contributed by atoms with Crippen LogP contribution in [0.1, 0.15) is 12.0 Å². The van der Waals surface area contributed by atoms with Crippen molar-refractivity contribution in [2.24, 2.45) is 5.73 Å². The number of rotatable bonds is 4. The van der Waals surface area contributed by atoms with Crippen molar-refractivity contribution in [1.82, 2.24) is 4.90 Å². The van der Waals surface area contributed by atoms with E-state index in [1.54, 1.807) is 19.2 Å². The summed E-state index contributed by atoms with van der Waals surface area (Å²) in [7, 11) is 1.57. The Bertz CT molecular complexity index is 450. The highest BCUT2D eigenvalue weighted by molar-refractivity contribution is 5.43. The van der Waals surface area contributed by atoms with Crippen LogP contribution in [0.3, 0.4) is 0 Å². The minimum absolute atomic E-state index is 0.0919. The minimum Gasteiger partial charge on any atom is -0.496 e. The molecule has 0 bridgehead atoms. The van der Waals surface area contributed by atoms with Crippen molar-refractivity contribution in [3.63, 3.8) is 0 Å². The number of hydrogen-bond donors (Lipinski definition) is 1. The average molecular weight is 251 g/mol. The van der Waals surface area contributed by atoms with E-state index < -0.39 is 4.92 Å². The van der Waals surface area contributed by atoms with Crippen LogP contribution in [0.5, 0.6) is 5.75 Å². The zero-order valence-corrected chi connectivity index (χ0v) is 10.3. The van der Waals surface area contributed by atoms with Crippen LogP contribution in [0.15, 0.2) is 18.2 Å². The number of hydrogen-bond acceptors (Lipinski definition) is 5. The maximum absolute atomic E-state index is 10.8. The topological polar surface area (TPSA) is 81.6 Å². The second kappa shape index (κ2) is 5.32. The molecule has 1 atom stereocenters. The van der Waals surface area contributed by atoms with E-state index in [4.69, 9.17) is 10.5 Å². The smallest absolute Gasteiger partial charge is 0.270 e. The van der Waals surface area contributed by atoms with Crippen molar-refractivity contribution in [2.45, 2.75) is 19.0 Å². The molecule has 0 aromatic heterocycles. The summed E-state index contributed by atoms with van der Waals surface area (Å²) >= 11 is 0. The van der Waals surface area contributed by atoms with Gasteiger partial charge in [0.1, 0.15) is 5.75 Å². The lowest BCUT2D eigenvalue weighted by molar-refractivity contribution is -0.384. The Morgan fingerprint density at radius 2 is 2.39 bits per heavy atom. The Balaban J connectivity index is 2.18. The maximum atomic E-state index is 10.8. The molecule has 18 heavy (non-hydrogen) atoms. The third-order valence-corrected chi connectivity index (χ3v) is 3.18. The van der Waals surface area contributed by atoms with Crippen LogP contribution >= 0.6 is 0 Å². The molecule has 6 heteroatoms. The molecular formula is C12H17N3O3. The molecule has 1 fully saturated rings. The molecule has 0 spiro atoms. The molecule has 0 aliphatic carbocycles. The molecule has 0 unspecified atom stereocenters. The first kappa shape index (κ1) is 12.8. The van der Waals surface area contributed by atoms with Crippen molar-refractivity contribution in [3.05, 3.63) is 33.9 Å². The number of nitro groups is 1. The van der Waals surface area contributed by atoms with E-state index in [0.717, 1.165) is 25.1 Å². The van der Waals surface area contributed by atoms with Gasteiger partial charge in [0.15, 0.2) is 0 Å². The molecule has 98 valence electrons. The van der Waals surface area contributed by atoms with E-state index in [0.29, 0.717) is 12.3 Å². The number of nitro benzene ring substituents is 1. The van der Waals surface area contributed by atoms with Gasteiger partial charge in [-0.2, -0.15) is 0 Å². The van der Waals surface area contributed by atoms with Gasteiger partial charge in [0.05, 0.1) is 12.0 Å². The van der Waals surface area contributed by atoms with Gasteiger partial charge in [-0.1, -0.05) is 0 Å². The Kier molecular flexibility index (Phi) is 3.78. The molecule has 0 saturated carbocycles. The largest absolute Gasteiger partial charge is 0.496 e. The van der Waals surface area contributed by atoms with Gasteiger partial charge < -0.3 is 10.5 Å². The lowest BCUT2D eigenvalue weighted by Gasteiger charge is -2.17. The molecule has 1 heterocycles. The lowest BCUT2D eigenvalue weighted by Crippen LogP contribution is -2.26. The molecule has 1 saturated heterocycles. The Morgan fingerprint density at radius 3 is 2.94 bits per heavy atom. The molecule has 1 aliphatic heterocycles. The number of benzene rings is 1. The van der Waals surface area contributed by atoms with Crippen LogP contribution < -0.4 is 10.5 Å². The second-order valence-corrected chi connectivity index (χ2v) is 4.54. The van der Waals surface area contributed by atoms with Crippen LogP contribution in [0, 0.1) is 10.1 Å². The van der Waals surface area contributed by atoms with E-state index in [2.05, 4.69) is 4.90 Å². The number of nitrogens with two attached hydrogens (primary N) is 1. The van der Waals surface area contributed by atoms with Gasteiger partial charge in [-0.25, -0.2) is 0 Å². The number of ether oxygens (including phenoxy) is 1. The summed E-state index contributed by atoms with van der Waals surface area (Å²) in [5.41, 5.74) is 6.77. The molecular weight excluding hydrogens is 234 g/mol. The molecule has 0 radical (unpaired) electrons. The standard InChI is InChI=1S/C12H17N3O3/c1-18-12-3-2-11(15(16)17)6-9(12)7-14-5-4-10(13)8-14/h2-3,6,10H,4-5,7-8,13H2,1H3/t10-/m0/s1. The SMILES string of the molecule is COc1ccc([N+](=O)[O-])cc1CN1CC[C@H](N)C1. The van der Waals surface area contributed by atoms with Crippen LogP contribution in [0.25, 0.3) is 0 Å². The van der Waals surface area contributed by atoms with Crippen molar-refractivity contribution in [1.29, 1.82) is 0 Å². The highest BCUT2D eigenvalue weighted by atomic mass is 16.6. The van der Waals surface area contributed by atoms with E-state index in [1.165, 1.54) is 6.07 Å². The summed E-state index contributed by atoms with van der Waals surface area (Å²) in [6, 6.07) is 4.87. The van der Waals surface area contributed by atoms with E-state index in [-0.39, 0.29) is 11.7 Å². The van der Waals surface area contributed by atoms with Crippen LogP contribution in [-0.4, -0.2) is 36.1 Å². The van der Waals surface area contributed by atoms with Crippen molar-refractivity contribution < 1.29 is 9.66 Å². The van der Waals surface area contributed by atoms with Gasteiger partial charge in [-0.05, 0) is 12.5 Å². The van der Waals surface area contributed by atoms with Crippen LogP contribution in [0.4, 0.5) is 5.69 Å². The second-order valence-electron chi connectivity index (χ2n) is 4.54. The normalized spacial score (nSPS) is 20.0. The lowest BCUT2D eigenvalue weighted by atomic mass is 10.1.